The smallest absolute Gasteiger partial charge is 0.333 e. The lowest BCUT2D eigenvalue weighted by molar-refractivity contribution is -0.140. The molecule has 0 aliphatic carbocycles. The van der Waals surface area contributed by atoms with Gasteiger partial charge in [0.15, 0.2) is 0 Å². The zero-order valence-corrected chi connectivity index (χ0v) is 32.8. The normalized spacial score (nSPS) is 9.24. The molecule has 0 fully saturated rings. The van der Waals surface area contributed by atoms with E-state index in [0.717, 1.165) is 44.5 Å². The van der Waals surface area contributed by atoms with Gasteiger partial charge >= 0.3 is 5.97 Å². The van der Waals surface area contributed by atoms with Gasteiger partial charge in [-0.3, -0.25) is 0 Å². The van der Waals surface area contributed by atoms with Crippen LogP contribution in [0.25, 0.3) is 6.08 Å². The van der Waals surface area contributed by atoms with Crippen molar-refractivity contribution in [3.05, 3.63) is 128 Å². The molecular formula is C42H67N3O6. The number of hydrogen-bond acceptors (Lipinski definition) is 8. The number of carbonyl (C=O) groups is 1. The number of esters is 1. The van der Waals surface area contributed by atoms with Crippen LogP contribution in [0, 0.1) is 0 Å². The standard InChI is InChI=1S/C13H21N3O4.C10H12.C8H14O.C7H12O.C4H8/c1-4-18-7-8-19-6-5-16-9-12(14-15-16)10-20-13(17)11(2)3;1-3-9-5-7-10(4-2)8-6-9;1-5-6-9-8(4)7(2)3;1-4-6-8-7(3)5-2;1-3-4-2/h9H,2,4-8,10H2,1,3H3;3,5-8H,1,4H2,2H3;2,4-6H2,1,3H3;5H,2-4,6H2,1H3;3H,1,4H2,2H3. The topological polar surface area (TPSA) is 93.9 Å². The number of ether oxygens (including phenoxy) is 5. The molecule has 2 aromatic rings. The fourth-order valence-corrected chi connectivity index (χ4v) is 2.83. The maximum atomic E-state index is 11.2. The van der Waals surface area contributed by atoms with Crippen LogP contribution < -0.4 is 0 Å². The Bertz CT molecular complexity index is 1250. The molecule has 0 aliphatic rings. The quantitative estimate of drug-likeness (QED) is 0.0316. The predicted octanol–water partition coefficient (Wildman–Crippen LogP) is 10.0. The molecule has 1 aromatic heterocycles. The number of carbonyl (C=O) groups excluding carboxylic acids is 1. The van der Waals surface area contributed by atoms with Crippen molar-refractivity contribution in [1.29, 1.82) is 0 Å². The van der Waals surface area contributed by atoms with Crippen molar-refractivity contribution in [3.8, 4) is 0 Å². The highest BCUT2D eigenvalue weighted by atomic mass is 16.5. The summed E-state index contributed by atoms with van der Waals surface area (Å²) in [5.74, 6) is 0.933. The number of rotatable bonds is 21. The lowest BCUT2D eigenvalue weighted by Crippen LogP contribution is -2.10. The van der Waals surface area contributed by atoms with E-state index in [-0.39, 0.29) is 6.61 Å². The monoisotopic (exact) mass is 710 g/mol. The summed E-state index contributed by atoms with van der Waals surface area (Å²) in [6.45, 7) is 43.4. The summed E-state index contributed by atoms with van der Waals surface area (Å²) in [6.07, 6.45) is 11.3. The minimum absolute atomic E-state index is 0.0941. The molecule has 0 saturated heterocycles. The largest absolute Gasteiger partial charge is 0.494 e. The van der Waals surface area contributed by atoms with Crippen LogP contribution in [0.4, 0.5) is 0 Å². The number of allylic oxidation sites excluding steroid dienone is 3. The van der Waals surface area contributed by atoms with Gasteiger partial charge in [0.1, 0.15) is 23.8 Å². The first-order valence-corrected chi connectivity index (χ1v) is 17.5. The zero-order chi connectivity index (χ0) is 39.3. The maximum Gasteiger partial charge on any atom is 0.333 e. The lowest BCUT2D eigenvalue weighted by Gasteiger charge is -2.05. The SMILES string of the molecule is C=C(C)C(=C)OCCC.C=C(C)C(=O)OCc1cn(CCOCCOCC)nn1.C=CC(=C)OCCC.C=CCC.C=Cc1ccc(CC)cc1. The van der Waals surface area contributed by atoms with E-state index in [1.165, 1.54) is 11.1 Å². The molecule has 1 aromatic carbocycles. The Balaban J connectivity index is -0.000000627. The van der Waals surface area contributed by atoms with E-state index >= 15 is 0 Å². The van der Waals surface area contributed by atoms with Crippen LogP contribution in [-0.4, -0.2) is 60.6 Å². The molecular weight excluding hydrogens is 642 g/mol. The summed E-state index contributed by atoms with van der Waals surface area (Å²) in [6, 6.07) is 8.45. The van der Waals surface area contributed by atoms with Gasteiger partial charge in [0.25, 0.3) is 0 Å². The highest BCUT2D eigenvalue weighted by Gasteiger charge is 2.06. The van der Waals surface area contributed by atoms with Gasteiger partial charge in [-0.2, -0.15) is 0 Å². The zero-order valence-electron chi connectivity index (χ0n) is 32.8. The summed E-state index contributed by atoms with van der Waals surface area (Å²) < 4.78 is 27.3. The van der Waals surface area contributed by atoms with Crippen molar-refractivity contribution in [2.75, 3.05) is 39.6 Å². The first-order chi connectivity index (χ1) is 24.4. The second kappa shape index (κ2) is 36.8. The van der Waals surface area contributed by atoms with Crippen LogP contribution >= 0.6 is 0 Å². The number of nitrogens with zero attached hydrogens (tertiary/aromatic N) is 3. The van der Waals surface area contributed by atoms with Crippen LogP contribution in [0.2, 0.25) is 0 Å². The minimum atomic E-state index is -0.432. The summed E-state index contributed by atoms with van der Waals surface area (Å²) in [5.41, 5.74) is 4.43. The molecule has 0 amide bonds. The molecule has 0 unspecified atom stereocenters. The van der Waals surface area contributed by atoms with Gasteiger partial charge in [0.05, 0.1) is 45.8 Å². The van der Waals surface area contributed by atoms with E-state index in [1.54, 1.807) is 23.9 Å². The Morgan fingerprint density at radius 2 is 1.37 bits per heavy atom. The molecule has 51 heavy (non-hydrogen) atoms. The lowest BCUT2D eigenvalue weighted by atomic mass is 10.1. The molecule has 0 N–H and O–H groups in total. The van der Waals surface area contributed by atoms with E-state index < -0.39 is 5.97 Å². The first kappa shape index (κ1) is 50.9. The molecule has 1 heterocycles. The number of aryl methyl sites for hydroxylation is 1. The minimum Gasteiger partial charge on any atom is -0.494 e. The second-order valence-electron chi connectivity index (χ2n) is 10.7. The van der Waals surface area contributed by atoms with Crippen LogP contribution in [0.5, 0.6) is 0 Å². The molecule has 9 heteroatoms. The van der Waals surface area contributed by atoms with Gasteiger partial charge in [-0.05, 0) is 69.2 Å². The molecule has 0 aliphatic heterocycles. The van der Waals surface area contributed by atoms with Crippen LogP contribution in [0.3, 0.4) is 0 Å². The van der Waals surface area contributed by atoms with Crippen molar-refractivity contribution in [1.82, 2.24) is 15.0 Å². The first-order valence-electron chi connectivity index (χ1n) is 17.5. The number of hydrogen-bond donors (Lipinski definition) is 0. The van der Waals surface area contributed by atoms with Crippen LogP contribution in [-0.2, 0) is 48.1 Å². The molecule has 0 bridgehead atoms. The molecule has 0 radical (unpaired) electrons. The third kappa shape index (κ3) is 33.8. The average Bonchev–Trinajstić information content (AvgIpc) is 3.61. The predicted molar refractivity (Wildman–Crippen MR) is 214 cm³/mol. The molecule has 9 nitrogen and oxygen atoms in total. The van der Waals surface area contributed by atoms with Crippen molar-refractivity contribution in [3.63, 3.8) is 0 Å². The fourth-order valence-electron chi connectivity index (χ4n) is 2.83. The van der Waals surface area contributed by atoms with Gasteiger partial charge < -0.3 is 23.7 Å². The summed E-state index contributed by atoms with van der Waals surface area (Å²) >= 11 is 0. The third-order valence-corrected chi connectivity index (χ3v) is 5.91. The van der Waals surface area contributed by atoms with Gasteiger partial charge in [0, 0.05) is 12.2 Å². The van der Waals surface area contributed by atoms with Crippen molar-refractivity contribution in [2.24, 2.45) is 0 Å². The highest BCUT2D eigenvalue weighted by Crippen LogP contribution is 2.06. The summed E-state index contributed by atoms with van der Waals surface area (Å²) in [5, 5.41) is 7.82. The average molecular weight is 710 g/mol. The second-order valence-corrected chi connectivity index (χ2v) is 10.7. The van der Waals surface area contributed by atoms with Crippen molar-refractivity contribution in [2.45, 2.75) is 87.3 Å². The van der Waals surface area contributed by atoms with Crippen molar-refractivity contribution < 1.29 is 28.5 Å². The third-order valence-electron chi connectivity index (χ3n) is 5.91. The Labute approximate surface area is 310 Å². The van der Waals surface area contributed by atoms with Gasteiger partial charge in [-0.1, -0.05) is 109 Å². The Hall–Kier alpha value is -4.47. The molecule has 286 valence electrons. The van der Waals surface area contributed by atoms with E-state index in [1.807, 2.05) is 26.0 Å². The Morgan fingerprint density at radius 1 is 0.784 bits per heavy atom. The van der Waals surface area contributed by atoms with E-state index in [0.29, 0.717) is 55.8 Å². The van der Waals surface area contributed by atoms with Gasteiger partial charge in [0.2, 0.25) is 0 Å². The fraction of sp³-hybridized carbons (Fsp3) is 0.452. The Kier molecular flexibility index (Phi) is 36.7. The number of aromatic nitrogens is 3. The van der Waals surface area contributed by atoms with Crippen LogP contribution in [0.1, 0.15) is 84.5 Å². The van der Waals surface area contributed by atoms with E-state index in [2.05, 4.69) is 108 Å². The molecule has 0 atom stereocenters. The van der Waals surface area contributed by atoms with Gasteiger partial charge in [-0.25, -0.2) is 9.48 Å². The van der Waals surface area contributed by atoms with Gasteiger partial charge in [-0.15, -0.1) is 11.7 Å². The maximum absolute atomic E-state index is 11.2. The highest BCUT2D eigenvalue weighted by molar-refractivity contribution is 5.86. The van der Waals surface area contributed by atoms with E-state index in [4.69, 9.17) is 23.7 Å². The number of benzene rings is 1. The Morgan fingerprint density at radius 3 is 1.84 bits per heavy atom. The summed E-state index contributed by atoms with van der Waals surface area (Å²) in [7, 11) is 0. The molecule has 0 saturated carbocycles. The van der Waals surface area contributed by atoms with E-state index in [9.17, 15) is 4.79 Å². The van der Waals surface area contributed by atoms with Crippen molar-refractivity contribution >= 4 is 12.0 Å². The van der Waals surface area contributed by atoms with Crippen LogP contribution in [0.15, 0.2) is 111 Å². The molecule has 2 rings (SSSR count). The molecule has 0 spiro atoms. The summed E-state index contributed by atoms with van der Waals surface area (Å²) in [4.78, 5) is 11.2.